The number of hydrogen-bond donors (Lipinski definition) is 1. The number of carbonyl (C=O) groups is 1. The van der Waals surface area contributed by atoms with Gasteiger partial charge < -0.3 is 10.2 Å². The predicted molar refractivity (Wildman–Crippen MR) is 88.9 cm³/mol. The SMILES string of the molecule is CCC1CCCCN1C(=O)CCNc1ccc(C)c(Cl)c1. The topological polar surface area (TPSA) is 32.3 Å². The van der Waals surface area contributed by atoms with E-state index < -0.39 is 0 Å². The maximum Gasteiger partial charge on any atom is 0.224 e. The number of anilines is 1. The van der Waals surface area contributed by atoms with Gasteiger partial charge in [0.1, 0.15) is 0 Å². The molecular formula is C17H25ClN2O. The number of carbonyl (C=O) groups excluding carboxylic acids is 1. The molecule has 1 aromatic carbocycles. The van der Waals surface area contributed by atoms with E-state index in [-0.39, 0.29) is 5.91 Å². The Balaban J connectivity index is 1.82. The fourth-order valence-corrected chi connectivity index (χ4v) is 3.09. The number of aryl methyl sites for hydroxylation is 1. The quantitative estimate of drug-likeness (QED) is 0.882. The summed E-state index contributed by atoms with van der Waals surface area (Å²) in [5, 5.41) is 4.04. The lowest BCUT2D eigenvalue weighted by Gasteiger charge is -2.35. The molecule has 3 nitrogen and oxygen atoms in total. The van der Waals surface area contributed by atoms with Gasteiger partial charge in [0.2, 0.25) is 5.91 Å². The normalized spacial score (nSPS) is 18.6. The second kappa shape index (κ2) is 7.69. The molecule has 1 saturated heterocycles. The summed E-state index contributed by atoms with van der Waals surface area (Å²) in [4.78, 5) is 14.4. The van der Waals surface area contributed by atoms with Crippen LogP contribution in [-0.4, -0.2) is 29.9 Å². The van der Waals surface area contributed by atoms with Crippen LogP contribution >= 0.6 is 11.6 Å². The summed E-state index contributed by atoms with van der Waals surface area (Å²) in [6.45, 7) is 5.73. The van der Waals surface area contributed by atoms with Crippen LogP contribution in [0.3, 0.4) is 0 Å². The fourth-order valence-electron chi connectivity index (χ4n) is 2.91. The standard InChI is InChI=1S/C17H25ClN2O/c1-3-15-6-4-5-11-20(15)17(21)9-10-19-14-8-7-13(2)16(18)12-14/h7-8,12,15,19H,3-6,9-11H2,1-2H3. The fraction of sp³-hybridized carbons (Fsp3) is 0.588. The van der Waals surface area contributed by atoms with E-state index in [4.69, 9.17) is 11.6 Å². The molecular weight excluding hydrogens is 284 g/mol. The number of rotatable bonds is 5. The van der Waals surface area contributed by atoms with Crippen molar-refractivity contribution in [2.45, 2.75) is 52.0 Å². The van der Waals surface area contributed by atoms with E-state index in [1.807, 2.05) is 25.1 Å². The first kappa shape index (κ1) is 16.2. The van der Waals surface area contributed by atoms with E-state index in [1.165, 1.54) is 6.42 Å². The van der Waals surface area contributed by atoms with Crippen LogP contribution in [0.2, 0.25) is 5.02 Å². The molecule has 1 fully saturated rings. The summed E-state index contributed by atoms with van der Waals surface area (Å²) in [5.41, 5.74) is 2.04. The number of piperidine rings is 1. The molecule has 0 saturated carbocycles. The smallest absolute Gasteiger partial charge is 0.224 e. The van der Waals surface area contributed by atoms with Crippen LogP contribution in [-0.2, 0) is 4.79 Å². The Hall–Kier alpha value is -1.22. The monoisotopic (exact) mass is 308 g/mol. The molecule has 1 heterocycles. The first-order valence-electron chi connectivity index (χ1n) is 7.91. The lowest BCUT2D eigenvalue weighted by atomic mass is 9.99. The van der Waals surface area contributed by atoms with Crippen molar-refractivity contribution in [3.05, 3.63) is 28.8 Å². The summed E-state index contributed by atoms with van der Waals surface area (Å²) >= 11 is 6.10. The average molecular weight is 309 g/mol. The highest BCUT2D eigenvalue weighted by Crippen LogP contribution is 2.21. The van der Waals surface area contributed by atoms with Crippen LogP contribution in [0, 0.1) is 6.92 Å². The number of benzene rings is 1. The van der Waals surface area contributed by atoms with E-state index in [0.29, 0.717) is 19.0 Å². The Morgan fingerprint density at radius 2 is 2.24 bits per heavy atom. The molecule has 0 aliphatic carbocycles. The Bertz CT molecular complexity index is 490. The van der Waals surface area contributed by atoms with E-state index >= 15 is 0 Å². The minimum Gasteiger partial charge on any atom is -0.384 e. The molecule has 2 rings (SSSR count). The third-order valence-electron chi connectivity index (χ3n) is 4.26. The van der Waals surface area contributed by atoms with Crippen LogP contribution < -0.4 is 5.32 Å². The molecule has 4 heteroatoms. The van der Waals surface area contributed by atoms with Gasteiger partial charge in [-0.3, -0.25) is 4.79 Å². The zero-order valence-corrected chi connectivity index (χ0v) is 13.7. The van der Waals surface area contributed by atoms with E-state index in [1.54, 1.807) is 0 Å². The molecule has 1 amide bonds. The highest BCUT2D eigenvalue weighted by Gasteiger charge is 2.24. The zero-order valence-electron chi connectivity index (χ0n) is 13.0. The number of nitrogens with one attached hydrogen (secondary N) is 1. The molecule has 0 spiro atoms. The molecule has 1 aromatic rings. The van der Waals surface area contributed by atoms with Crippen molar-refractivity contribution in [1.29, 1.82) is 0 Å². The van der Waals surface area contributed by atoms with Gasteiger partial charge in [-0.15, -0.1) is 0 Å². The molecule has 0 aromatic heterocycles. The Kier molecular flexibility index (Phi) is 5.92. The van der Waals surface area contributed by atoms with Gasteiger partial charge in [-0.1, -0.05) is 24.6 Å². The summed E-state index contributed by atoms with van der Waals surface area (Å²) in [6, 6.07) is 6.35. The molecule has 116 valence electrons. The second-order valence-corrected chi connectivity index (χ2v) is 6.19. The summed E-state index contributed by atoms with van der Waals surface area (Å²) < 4.78 is 0. The van der Waals surface area contributed by atoms with Crippen molar-refractivity contribution in [2.24, 2.45) is 0 Å². The third kappa shape index (κ3) is 4.37. The minimum atomic E-state index is 0.271. The summed E-state index contributed by atoms with van der Waals surface area (Å²) in [5.74, 6) is 0.271. The largest absolute Gasteiger partial charge is 0.384 e. The molecule has 0 radical (unpaired) electrons. The van der Waals surface area contributed by atoms with Crippen LogP contribution in [0.4, 0.5) is 5.69 Å². The van der Waals surface area contributed by atoms with Crippen molar-refractivity contribution in [1.82, 2.24) is 4.90 Å². The van der Waals surface area contributed by atoms with Crippen LogP contribution in [0.15, 0.2) is 18.2 Å². The maximum absolute atomic E-state index is 12.3. The van der Waals surface area contributed by atoms with Gasteiger partial charge in [0.25, 0.3) is 0 Å². The third-order valence-corrected chi connectivity index (χ3v) is 4.67. The number of amides is 1. The van der Waals surface area contributed by atoms with Crippen LogP contribution in [0.5, 0.6) is 0 Å². The number of hydrogen-bond acceptors (Lipinski definition) is 2. The van der Waals surface area contributed by atoms with E-state index in [0.717, 1.165) is 42.1 Å². The molecule has 21 heavy (non-hydrogen) atoms. The maximum atomic E-state index is 12.3. The lowest BCUT2D eigenvalue weighted by Crippen LogP contribution is -2.43. The van der Waals surface area contributed by atoms with E-state index in [9.17, 15) is 4.79 Å². The van der Waals surface area contributed by atoms with Crippen molar-refractivity contribution in [3.8, 4) is 0 Å². The summed E-state index contributed by atoms with van der Waals surface area (Å²) in [7, 11) is 0. The number of halogens is 1. The lowest BCUT2D eigenvalue weighted by molar-refractivity contribution is -0.134. The van der Waals surface area contributed by atoms with Gasteiger partial charge in [0.05, 0.1) is 0 Å². The highest BCUT2D eigenvalue weighted by atomic mass is 35.5. The Morgan fingerprint density at radius 3 is 2.95 bits per heavy atom. The molecule has 1 atom stereocenters. The van der Waals surface area contributed by atoms with Gasteiger partial charge in [-0.2, -0.15) is 0 Å². The van der Waals surface area contributed by atoms with Crippen molar-refractivity contribution in [2.75, 3.05) is 18.4 Å². The predicted octanol–water partition coefficient (Wildman–Crippen LogP) is 4.24. The number of likely N-dealkylation sites (tertiary alicyclic amines) is 1. The first-order valence-corrected chi connectivity index (χ1v) is 8.29. The average Bonchev–Trinajstić information content (AvgIpc) is 2.50. The van der Waals surface area contributed by atoms with Crippen molar-refractivity contribution < 1.29 is 4.79 Å². The van der Waals surface area contributed by atoms with Gasteiger partial charge in [-0.05, 0) is 50.3 Å². The highest BCUT2D eigenvalue weighted by molar-refractivity contribution is 6.31. The Labute approximate surface area is 132 Å². The van der Waals surface area contributed by atoms with Gasteiger partial charge in [0.15, 0.2) is 0 Å². The number of nitrogens with zero attached hydrogens (tertiary/aromatic N) is 1. The Morgan fingerprint density at radius 1 is 1.43 bits per heavy atom. The van der Waals surface area contributed by atoms with E-state index in [2.05, 4.69) is 17.1 Å². The van der Waals surface area contributed by atoms with Gasteiger partial charge in [-0.25, -0.2) is 0 Å². The first-order chi connectivity index (χ1) is 10.1. The van der Waals surface area contributed by atoms with Gasteiger partial charge in [0, 0.05) is 36.3 Å². The van der Waals surface area contributed by atoms with Crippen molar-refractivity contribution in [3.63, 3.8) is 0 Å². The van der Waals surface area contributed by atoms with Crippen LogP contribution in [0.25, 0.3) is 0 Å². The molecule has 1 aliphatic heterocycles. The minimum absolute atomic E-state index is 0.271. The molecule has 1 aliphatic rings. The molecule has 1 N–H and O–H groups in total. The van der Waals surface area contributed by atoms with Crippen LogP contribution in [0.1, 0.15) is 44.6 Å². The zero-order chi connectivity index (χ0) is 15.2. The second-order valence-electron chi connectivity index (χ2n) is 5.79. The van der Waals surface area contributed by atoms with Crippen molar-refractivity contribution >= 4 is 23.2 Å². The van der Waals surface area contributed by atoms with Gasteiger partial charge >= 0.3 is 0 Å². The molecule has 1 unspecified atom stereocenters. The molecule has 0 bridgehead atoms. The summed E-state index contributed by atoms with van der Waals surface area (Å²) in [6.07, 6.45) is 5.16.